The lowest BCUT2D eigenvalue weighted by atomic mass is 9.76. The highest BCUT2D eigenvalue weighted by Crippen LogP contribution is 2.65. The number of carboxylic acid groups (broad SMARTS) is 1. The molecule has 2 unspecified atom stereocenters. The average Bonchev–Trinajstić information content (AvgIpc) is 3.47. The van der Waals surface area contributed by atoms with Crippen molar-refractivity contribution in [2.45, 2.75) is 70.3 Å². The van der Waals surface area contributed by atoms with Crippen LogP contribution in [0.1, 0.15) is 80.1 Å². The predicted octanol–water partition coefficient (Wildman–Crippen LogP) is 4.50. The third kappa shape index (κ3) is 3.38. The van der Waals surface area contributed by atoms with Crippen LogP contribution < -0.4 is 10.1 Å². The number of benzene rings is 1. The van der Waals surface area contributed by atoms with E-state index in [1.807, 2.05) is 0 Å². The Hall–Kier alpha value is -2.11. The number of carbonyl (C=O) groups is 2. The number of carbonyl (C=O) groups excluding carboxylic acids is 1. The molecule has 1 aromatic rings. The van der Waals surface area contributed by atoms with Crippen LogP contribution in [-0.4, -0.2) is 29.6 Å². The van der Waals surface area contributed by atoms with Crippen LogP contribution >= 0.6 is 0 Å². The van der Waals surface area contributed by atoms with Crippen molar-refractivity contribution in [1.82, 2.24) is 5.32 Å². The first kappa shape index (κ1) is 19.8. The second-order valence-corrected chi connectivity index (χ2v) is 10.1. The third-order valence-corrected chi connectivity index (χ3v) is 8.05. The molecule has 0 spiro atoms. The molecule has 0 heterocycles. The molecule has 3 atom stereocenters. The Morgan fingerprint density at radius 1 is 1.23 bits per heavy atom. The zero-order valence-electron chi connectivity index (χ0n) is 17.5. The summed E-state index contributed by atoms with van der Waals surface area (Å²) in [5.41, 5.74) is 1.05. The highest BCUT2D eigenvalue weighted by Gasteiger charge is 2.58. The fourth-order valence-electron chi connectivity index (χ4n) is 6.58. The molecule has 1 amide bonds. The molecule has 4 bridgehead atoms. The number of ether oxygens (including phenoxy) is 1. The lowest BCUT2D eigenvalue weighted by Crippen LogP contribution is -2.40. The average molecular weight is 416 g/mol. The number of hydrogen-bond donors (Lipinski definition) is 2. The van der Waals surface area contributed by atoms with Crippen LogP contribution in [0, 0.1) is 29.0 Å². The van der Waals surface area contributed by atoms with Crippen LogP contribution in [0.15, 0.2) is 12.1 Å². The van der Waals surface area contributed by atoms with Gasteiger partial charge in [0, 0.05) is 11.5 Å². The minimum atomic E-state index is -1.12. The van der Waals surface area contributed by atoms with Crippen molar-refractivity contribution in [3.63, 3.8) is 0 Å². The summed E-state index contributed by atoms with van der Waals surface area (Å²) in [6, 6.07) is 1.91. The number of carboxylic acids is 1. The van der Waals surface area contributed by atoms with Gasteiger partial charge in [-0.05, 0) is 86.7 Å². The Kier molecular flexibility index (Phi) is 4.79. The van der Waals surface area contributed by atoms with Gasteiger partial charge in [-0.25, -0.2) is 9.18 Å². The maximum atomic E-state index is 14.9. The minimum Gasteiger partial charge on any atom is -0.493 e. The normalized spacial score (nSPS) is 32.3. The maximum Gasteiger partial charge on any atom is 0.326 e. The molecule has 5 fully saturated rings. The summed E-state index contributed by atoms with van der Waals surface area (Å²) in [7, 11) is 0. The van der Waals surface area contributed by atoms with Crippen molar-refractivity contribution < 1.29 is 23.8 Å². The topological polar surface area (TPSA) is 75.6 Å². The molecule has 0 saturated heterocycles. The van der Waals surface area contributed by atoms with Gasteiger partial charge < -0.3 is 15.2 Å². The highest BCUT2D eigenvalue weighted by atomic mass is 19.1. The standard InChI is InChI=1S/C24H30FNO4/c1-2-20(23(28)29)26-22(27)18-8-17(15-3-4-15)21(9-19(18)25)30-12-24-10-13-5-14(11-24)7-16(24)6-13/h8-9,13-16,20H,2-7,10-12H2,1H3,(H,26,27)(H,28,29)/t13?,14?,16?,20-,24?/m0/s1. The Balaban J connectivity index is 1.35. The van der Waals surface area contributed by atoms with Gasteiger partial charge in [0.1, 0.15) is 17.6 Å². The van der Waals surface area contributed by atoms with E-state index in [0.717, 1.165) is 36.2 Å². The van der Waals surface area contributed by atoms with Crippen LogP contribution in [0.2, 0.25) is 0 Å². The molecule has 5 aliphatic carbocycles. The Morgan fingerprint density at radius 3 is 2.53 bits per heavy atom. The zero-order chi connectivity index (χ0) is 21.0. The van der Waals surface area contributed by atoms with Gasteiger partial charge in [-0.15, -0.1) is 0 Å². The quantitative estimate of drug-likeness (QED) is 0.655. The highest BCUT2D eigenvalue weighted by molar-refractivity contribution is 5.97. The molecule has 2 N–H and O–H groups in total. The van der Waals surface area contributed by atoms with Crippen molar-refractivity contribution in [3.8, 4) is 5.75 Å². The van der Waals surface area contributed by atoms with Crippen LogP contribution in [-0.2, 0) is 4.79 Å². The van der Waals surface area contributed by atoms with Crippen molar-refractivity contribution in [3.05, 3.63) is 29.1 Å². The number of halogens is 1. The summed E-state index contributed by atoms with van der Waals surface area (Å²) in [4.78, 5) is 23.8. The van der Waals surface area contributed by atoms with Gasteiger partial charge >= 0.3 is 5.97 Å². The summed E-state index contributed by atoms with van der Waals surface area (Å²) in [6.45, 7) is 2.32. The maximum absolute atomic E-state index is 14.9. The molecule has 5 saturated carbocycles. The van der Waals surface area contributed by atoms with Gasteiger partial charge in [0.05, 0.1) is 12.2 Å². The Morgan fingerprint density at radius 2 is 1.93 bits per heavy atom. The van der Waals surface area contributed by atoms with Gasteiger partial charge in [-0.3, -0.25) is 4.79 Å². The van der Waals surface area contributed by atoms with Crippen molar-refractivity contribution >= 4 is 11.9 Å². The first-order valence-corrected chi connectivity index (χ1v) is 11.4. The SMILES string of the molecule is CC[C@H](NC(=O)c1cc(C2CC2)c(OCC23CC4CC(CC2C4)C3)cc1F)C(=O)O. The largest absolute Gasteiger partial charge is 0.493 e. The molecule has 0 aliphatic heterocycles. The number of rotatable bonds is 8. The van der Waals surface area contributed by atoms with Crippen molar-refractivity contribution in [1.29, 1.82) is 0 Å². The van der Waals surface area contributed by atoms with Crippen molar-refractivity contribution in [2.75, 3.05) is 6.61 Å². The minimum absolute atomic E-state index is 0.0945. The van der Waals surface area contributed by atoms with Crippen LogP contribution in [0.25, 0.3) is 0 Å². The fraction of sp³-hybridized carbons (Fsp3) is 0.667. The molecule has 5 aliphatic rings. The molecule has 6 heteroatoms. The van der Waals surface area contributed by atoms with Gasteiger partial charge in [0.2, 0.25) is 0 Å². The van der Waals surface area contributed by atoms with Crippen LogP contribution in [0.5, 0.6) is 5.75 Å². The van der Waals surface area contributed by atoms with E-state index in [4.69, 9.17) is 4.74 Å². The van der Waals surface area contributed by atoms with E-state index in [1.54, 1.807) is 13.0 Å². The van der Waals surface area contributed by atoms with E-state index in [0.29, 0.717) is 18.3 Å². The molecule has 1 aromatic carbocycles. The summed E-state index contributed by atoms with van der Waals surface area (Å²) in [5, 5.41) is 11.6. The molecule has 162 valence electrons. The lowest BCUT2D eigenvalue weighted by Gasteiger charge is -2.33. The number of aliphatic carboxylic acids is 1. The van der Waals surface area contributed by atoms with E-state index >= 15 is 0 Å². The number of hydrogen-bond acceptors (Lipinski definition) is 3. The molecule has 0 radical (unpaired) electrons. The molecular weight excluding hydrogens is 385 g/mol. The molecule has 0 aromatic heterocycles. The first-order chi connectivity index (χ1) is 14.4. The van der Waals surface area contributed by atoms with Gasteiger partial charge in [-0.2, -0.15) is 0 Å². The van der Waals surface area contributed by atoms with Gasteiger partial charge in [-0.1, -0.05) is 6.92 Å². The third-order valence-electron chi connectivity index (χ3n) is 8.05. The fourth-order valence-corrected chi connectivity index (χ4v) is 6.58. The smallest absolute Gasteiger partial charge is 0.326 e. The second-order valence-electron chi connectivity index (χ2n) is 10.1. The number of amides is 1. The Bertz CT molecular complexity index is 866. The number of nitrogens with one attached hydrogen (secondary N) is 1. The van der Waals surface area contributed by atoms with E-state index in [2.05, 4.69) is 5.32 Å². The first-order valence-electron chi connectivity index (χ1n) is 11.4. The van der Waals surface area contributed by atoms with E-state index in [-0.39, 0.29) is 17.4 Å². The summed E-state index contributed by atoms with van der Waals surface area (Å²) < 4.78 is 21.2. The zero-order valence-corrected chi connectivity index (χ0v) is 17.5. The van der Waals surface area contributed by atoms with Gasteiger partial charge in [0.15, 0.2) is 0 Å². The molecule has 5 nitrogen and oxygen atoms in total. The molecule has 30 heavy (non-hydrogen) atoms. The van der Waals surface area contributed by atoms with E-state index < -0.39 is 23.7 Å². The lowest BCUT2D eigenvalue weighted by molar-refractivity contribution is -0.139. The molecule has 6 rings (SSSR count). The second kappa shape index (κ2) is 7.24. The van der Waals surface area contributed by atoms with E-state index in [1.165, 1.54) is 38.2 Å². The van der Waals surface area contributed by atoms with Crippen molar-refractivity contribution in [2.24, 2.45) is 23.2 Å². The van der Waals surface area contributed by atoms with Gasteiger partial charge in [0.25, 0.3) is 5.91 Å². The summed E-state index contributed by atoms with van der Waals surface area (Å²) in [5.74, 6) is 0.855. The van der Waals surface area contributed by atoms with Crippen LogP contribution in [0.3, 0.4) is 0 Å². The Labute approximate surface area is 176 Å². The summed E-state index contributed by atoms with van der Waals surface area (Å²) >= 11 is 0. The summed E-state index contributed by atoms with van der Waals surface area (Å²) in [6.07, 6.45) is 8.76. The van der Waals surface area contributed by atoms with E-state index in [9.17, 15) is 19.1 Å². The molecular formula is C24H30FNO4. The monoisotopic (exact) mass is 415 g/mol. The van der Waals surface area contributed by atoms with Crippen LogP contribution in [0.4, 0.5) is 4.39 Å². The predicted molar refractivity (Wildman–Crippen MR) is 109 cm³/mol.